The molecule has 0 aliphatic carbocycles. The second kappa shape index (κ2) is 8.99. The van der Waals surface area contributed by atoms with Crippen molar-refractivity contribution < 1.29 is 18.0 Å². The summed E-state index contributed by atoms with van der Waals surface area (Å²) in [6.45, 7) is 0.961. The number of carbonyl (C=O) groups excluding carboxylic acids is 1. The first-order valence-corrected chi connectivity index (χ1v) is 10.3. The van der Waals surface area contributed by atoms with Gasteiger partial charge in [-0.25, -0.2) is 8.42 Å². The van der Waals surface area contributed by atoms with Gasteiger partial charge >= 0.3 is 0 Å². The third-order valence-corrected chi connectivity index (χ3v) is 6.01. The number of carbonyl (C=O) groups is 1. The normalized spacial score (nSPS) is 11.6. The van der Waals surface area contributed by atoms with Crippen LogP contribution in [0.3, 0.4) is 0 Å². The number of benzene rings is 2. The van der Waals surface area contributed by atoms with Crippen LogP contribution >= 0.6 is 0 Å². The summed E-state index contributed by atoms with van der Waals surface area (Å²) in [7, 11) is -1.27. The van der Waals surface area contributed by atoms with E-state index >= 15 is 0 Å². The average Bonchev–Trinajstić information content (AvgIpc) is 3.24. The van der Waals surface area contributed by atoms with Crippen LogP contribution in [-0.2, 0) is 28.0 Å². The van der Waals surface area contributed by atoms with Gasteiger partial charge in [-0.3, -0.25) is 14.3 Å². The Bertz CT molecular complexity index is 1080. The molecular formula is C20H22N4O4S. The van der Waals surface area contributed by atoms with Crippen LogP contribution in [0.15, 0.2) is 71.9 Å². The van der Waals surface area contributed by atoms with Crippen LogP contribution in [0.4, 0.5) is 0 Å². The molecule has 0 aliphatic heterocycles. The molecule has 0 aliphatic rings. The van der Waals surface area contributed by atoms with Crippen molar-refractivity contribution in [1.29, 1.82) is 0 Å². The topological polar surface area (TPSA) is 93.5 Å². The van der Waals surface area contributed by atoms with Gasteiger partial charge in [-0.05, 0) is 35.4 Å². The minimum Gasteiger partial charge on any atom is -0.348 e. The van der Waals surface area contributed by atoms with Crippen LogP contribution in [0.25, 0.3) is 0 Å². The van der Waals surface area contributed by atoms with Crippen LogP contribution in [0.1, 0.15) is 21.5 Å². The van der Waals surface area contributed by atoms with E-state index in [2.05, 4.69) is 10.4 Å². The van der Waals surface area contributed by atoms with E-state index in [1.54, 1.807) is 12.3 Å². The molecule has 1 heterocycles. The summed E-state index contributed by atoms with van der Waals surface area (Å²) in [5, 5.41) is 7.01. The molecule has 1 amide bonds. The smallest absolute Gasteiger partial charge is 0.264 e. The molecule has 0 saturated carbocycles. The minimum absolute atomic E-state index is 0.0179. The van der Waals surface area contributed by atoms with E-state index in [-0.39, 0.29) is 16.4 Å². The highest BCUT2D eigenvalue weighted by molar-refractivity contribution is 7.89. The summed E-state index contributed by atoms with van der Waals surface area (Å²) in [6.07, 6.45) is 3.61. The third kappa shape index (κ3) is 5.08. The van der Waals surface area contributed by atoms with Crippen molar-refractivity contribution in [3.63, 3.8) is 0 Å². The molecule has 29 heavy (non-hydrogen) atoms. The van der Waals surface area contributed by atoms with Gasteiger partial charge < -0.3 is 5.32 Å². The van der Waals surface area contributed by atoms with Gasteiger partial charge in [0.25, 0.3) is 15.9 Å². The molecule has 0 unspecified atom stereocenters. The Morgan fingerprint density at radius 3 is 2.62 bits per heavy atom. The van der Waals surface area contributed by atoms with Crippen LogP contribution in [0.2, 0.25) is 0 Å². The lowest BCUT2D eigenvalue weighted by Crippen LogP contribution is -2.27. The van der Waals surface area contributed by atoms with E-state index in [0.717, 1.165) is 15.6 Å². The van der Waals surface area contributed by atoms with Gasteiger partial charge in [0.1, 0.15) is 0 Å². The van der Waals surface area contributed by atoms with Gasteiger partial charge in [-0.2, -0.15) is 5.10 Å². The van der Waals surface area contributed by atoms with E-state index in [0.29, 0.717) is 13.1 Å². The largest absolute Gasteiger partial charge is 0.348 e. The molecule has 0 spiro atoms. The fourth-order valence-electron chi connectivity index (χ4n) is 2.75. The van der Waals surface area contributed by atoms with Crippen molar-refractivity contribution in [2.24, 2.45) is 0 Å². The molecule has 0 fully saturated rings. The fraction of sp³-hybridized carbons (Fsp3) is 0.200. The highest BCUT2D eigenvalue weighted by Crippen LogP contribution is 2.16. The van der Waals surface area contributed by atoms with Gasteiger partial charge in [-0.1, -0.05) is 34.8 Å². The van der Waals surface area contributed by atoms with E-state index in [1.165, 1.54) is 32.4 Å². The number of nitrogens with zero attached hydrogens (tertiary/aromatic N) is 3. The van der Waals surface area contributed by atoms with Crippen molar-refractivity contribution in [3.8, 4) is 0 Å². The maximum absolute atomic E-state index is 12.5. The number of amides is 1. The molecule has 1 aromatic heterocycles. The lowest BCUT2D eigenvalue weighted by atomic mass is 10.1. The van der Waals surface area contributed by atoms with Crippen LogP contribution in [0.5, 0.6) is 0 Å². The van der Waals surface area contributed by atoms with Gasteiger partial charge in [-0.15, -0.1) is 0 Å². The summed E-state index contributed by atoms with van der Waals surface area (Å²) in [6, 6.07) is 15.5. The van der Waals surface area contributed by atoms with Crippen LogP contribution < -0.4 is 5.32 Å². The summed E-state index contributed by atoms with van der Waals surface area (Å²) in [4.78, 5) is 17.3. The molecule has 3 aromatic rings. The standard InChI is InChI=1S/C20H22N4O4S/c1-23(28-2)29(26,27)19-9-4-8-18(13-19)20(25)21-14-16-6-3-7-17(12-16)15-24-11-5-10-22-24/h3-13H,14-15H2,1-2H3,(H,21,25). The SMILES string of the molecule is CON(C)S(=O)(=O)c1cccc(C(=O)NCc2cccc(Cn3cccn3)c2)c1. The van der Waals surface area contributed by atoms with Gasteiger partial charge in [0.2, 0.25) is 0 Å². The lowest BCUT2D eigenvalue weighted by Gasteiger charge is -2.14. The molecule has 152 valence electrons. The number of sulfonamides is 1. The molecule has 9 heteroatoms. The van der Waals surface area contributed by atoms with Gasteiger partial charge in [0, 0.05) is 31.5 Å². The molecule has 0 radical (unpaired) electrons. The van der Waals surface area contributed by atoms with E-state index < -0.39 is 10.0 Å². The fourth-order valence-corrected chi connectivity index (χ4v) is 3.77. The summed E-state index contributed by atoms with van der Waals surface area (Å²) in [5.74, 6) is -0.361. The number of hydrogen-bond donors (Lipinski definition) is 1. The second-order valence-corrected chi connectivity index (χ2v) is 8.27. The Morgan fingerprint density at radius 2 is 1.90 bits per heavy atom. The molecule has 0 saturated heterocycles. The zero-order valence-electron chi connectivity index (χ0n) is 16.1. The van der Waals surface area contributed by atoms with Gasteiger partial charge in [0.15, 0.2) is 0 Å². The Hall–Kier alpha value is -3.01. The van der Waals surface area contributed by atoms with Crippen molar-refractivity contribution in [3.05, 3.63) is 83.7 Å². The number of aromatic nitrogens is 2. The number of rotatable bonds is 8. The lowest BCUT2D eigenvalue weighted by molar-refractivity contribution is -0.0258. The zero-order valence-corrected chi connectivity index (χ0v) is 17.0. The molecule has 3 rings (SSSR count). The van der Waals surface area contributed by atoms with E-state index in [9.17, 15) is 13.2 Å². The highest BCUT2D eigenvalue weighted by Gasteiger charge is 2.21. The monoisotopic (exact) mass is 414 g/mol. The number of hydroxylamine groups is 1. The van der Waals surface area contributed by atoms with Crippen LogP contribution in [0, 0.1) is 0 Å². The quantitative estimate of drug-likeness (QED) is 0.570. The maximum Gasteiger partial charge on any atom is 0.264 e. The molecule has 8 nitrogen and oxygen atoms in total. The van der Waals surface area contributed by atoms with Gasteiger partial charge in [0.05, 0.1) is 18.6 Å². The van der Waals surface area contributed by atoms with Crippen molar-refractivity contribution in [1.82, 2.24) is 19.6 Å². The Morgan fingerprint density at radius 1 is 1.14 bits per heavy atom. The average molecular weight is 414 g/mol. The molecular weight excluding hydrogens is 392 g/mol. The number of nitrogens with one attached hydrogen (secondary N) is 1. The first kappa shape index (κ1) is 20.7. The van der Waals surface area contributed by atoms with Crippen molar-refractivity contribution in [2.75, 3.05) is 14.2 Å². The van der Waals surface area contributed by atoms with Crippen molar-refractivity contribution in [2.45, 2.75) is 18.0 Å². The summed E-state index contributed by atoms with van der Waals surface area (Å²) < 4.78 is 27.3. The predicted octanol–water partition coefficient (Wildman–Crippen LogP) is 2.04. The Balaban J connectivity index is 1.68. The first-order valence-electron chi connectivity index (χ1n) is 8.86. The maximum atomic E-state index is 12.5. The first-order chi connectivity index (χ1) is 13.9. The molecule has 2 aromatic carbocycles. The Labute approximate surface area is 169 Å². The van der Waals surface area contributed by atoms with E-state index in [1.807, 2.05) is 41.2 Å². The van der Waals surface area contributed by atoms with Crippen LogP contribution in [-0.4, -0.2) is 42.7 Å². The predicted molar refractivity (Wildman–Crippen MR) is 107 cm³/mol. The molecule has 1 N–H and O–H groups in total. The third-order valence-electron chi connectivity index (χ3n) is 4.34. The highest BCUT2D eigenvalue weighted by atomic mass is 32.2. The summed E-state index contributed by atoms with van der Waals surface area (Å²) >= 11 is 0. The second-order valence-electron chi connectivity index (χ2n) is 6.33. The summed E-state index contributed by atoms with van der Waals surface area (Å²) in [5.41, 5.74) is 2.25. The number of hydrogen-bond acceptors (Lipinski definition) is 5. The minimum atomic E-state index is -3.82. The molecule has 0 bridgehead atoms. The van der Waals surface area contributed by atoms with E-state index in [4.69, 9.17) is 4.84 Å². The Kier molecular flexibility index (Phi) is 6.42. The van der Waals surface area contributed by atoms with Crippen molar-refractivity contribution >= 4 is 15.9 Å². The molecule has 0 atom stereocenters. The zero-order chi connectivity index (χ0) is 20.9.